The van der Waals surface area contributed by atoms with Gasteiger partial charge in [-0.3, -0.25) is 4.79 Å². The average molecular weight is 380 g/mol. The summed E-state index contributed by atoms with van der Waals surface area (Å²) in [7, 11) is 0. The van der Waals surface area contributed by atoms with Gasteiger partial charge in [-0.15, -0.1) is 0 Å². The molecule has 0 aromatic heterocycles. The molecule has 1 amide bonds. The van der Waals surface area contributed by atoms with Crippen LogP contribution in [0.4, 0.5) is 5.69 Å². The Morgan fingerprint density at radius 1 is 1.12 bits per heavy atom. The third kappa shape index (κ3) is 5.94. The number of aryl methyl sites for hydroxylation is 1. The monoisotopic (exact) mass is 379 g/mol. The number of carbonyl (C=O) groups excluding carboxylic acids is 1. The normalized spacial score (nSPS) is 10.8. The highest BCUT2D eigenvalue weighted by molar-refractivity contribution is 6.42. The molecule has 3 nitrogen and oxygen atoms in total. The number of nitrogens with one attached hydrogen (secondary N) is 1. The zero-order chi connectivity index (χ0) is 18.4. The second kappa shape index (κ2) is 9.12. The minimum absolute atomic E-state index is 0.0756. The second-order valence-electron chi connectivity index (χ2n) is 6.30. The van der Waals surface area contributed by atoms with Crippen molar-refractivity contribution < 1.29 is 9.53 Å². The van der Waals surface area contributed by atoms with Gasteiger partial charge in [0, 0.05) is 12.1 Å². The Kier molecular flexibility index (Phi) is 7.15. The van der Waals surface area contributed by atoms with Crippen LogP contribution in [0.5, 0.6) is 5.75 Å². The zero-order valence-electron chi connectivity index (χ0n) is 14.7. The number of amides is 1. The number of anilines is 1. The molecule has 134 valence electrons. The largest absolute Gasteiger partial charge is 0.494 e. The van der Waals surface area contributed by atoms with E-state index in [1.165, 1.54) is 11.1 Å². The molecular weight excluding hydrogens is 357 g/mol. The van der Waals surface area contributed by atoms with Crippen molar-refractivity contribution in [3.63, 3.8) is 0 Å². The Morgan fingerprint density at radius 3 is 2.52 bits per heavy atom. The smallest absolute Gasteiger partial charge is 0.224 e. The third-order valence-electron chi connectivity index (χ3n) is 3.88. The van der Waals surface area contributed by atoms with Gasteiger partial charge in [0.1, 0.15) is 5.75 Å². The zero-order valence-corrected chi connectivity index (χ0v) is 16.2. The molecule has 2 aromatic rings. The molecule has 0 radical (unpaired) electrons. The van der Waals surface area contributed by atoms with Crippen molar-refractivity contribution in [2.75, 3.05) is 11.9 Å². The summed E-state index contributed by atoms with van der Waals surface area (Å²) in [4.78, 5) is 12.0. The number of hydrogen-bond donors (Lipinski definition) is 1. The molecule has 1 N–H and O–H groups in total. The minimum atomic E-state index is -0.0756. The first-order chi connectivity index (χ1) is 11.9. The molecule has 0 aliphatic heterocycles. The molecule has 0 unspecified atom stereocenters. The molecule has 0 aliphatic rings. The van der Waals surface area contributed by atoms with Crippen LogP contribution in [0.1, 0.15) is 43.7 Å². The van der Waals surface area contributed by atoms with E-state index in [1.807, 2.05) is 12.1 Å². The number of ether oxygens (including phenoxy) is 1. The average Bonchev–Trinajstić information content (AvgIpc) is 2.55. The van der Waals surface area contributed by atoms with Gasteiger partial charge in [0.15, 0.2) is 0 Å². The first-order valence-corrected chi connectivity index (χ1v) is 9.10. The maximum atomic E-state index is 12.0. The highest BCUT2D eigenvalue weighted by Gasteiger charge is 2.07. The van der Waals surface area contributed by atoms with Crippen molar-refractivity contribution in [3.8, 4) is 5.75 Å². The second-order valence-corrected chi connectivity index (χ2v) is 7.12. The van der Waals surface area contributed by atoms with Gasteiger partial charge in [0.2, 0.25) is 5.91 Å². The Hall–Kier alpha value is -1.71. The fraction of sp³-hybridized carbons (Fsp3) is 0.350. The molecule has 25 heavy (non-hydrogen) atoms. The third-order valence-corrected chi connectivity index (χ3v) is 4.62. The number of carbonyl (C=O) groups is 1. The van der Waals surface area contributed by atoms with Gasteiger partial charge in [0.05, 0.1) is 16.7 Å². The van der Waals surface area contributed by atoms with Crippen molar-refractivity contribution in [2.45, 2.75) is 39.5 Å². The fourth-order valence-electron chi connectivity index (χ4n) is 2.61. The molecule has 2 aromatic carbocycles. The van der Waals surface area contributed by atoms with Crippen LogP contribution in [0.15, 0.2) is 36.4 Å². The lowest BCUT2D eigenvalue weighted by molar-refractivity contribution is -0.116. The highest BCUT2D eigenvalue weighted by Crippen LogP contribution is 2.25. The van der Waals surface area contributed by atoms with Gasteiger partial charge < -0.3 is 10.1 Å². The molecule has 2 rings (SSSR count). The van der Waals surface area contributed by atoms with E-state index in [-0.39, 0.29) is 5.91 Å². The van der Waals surface area contributed by atoms with Gasteiger partial charge in [-0.25, -0.2) is 0 Å². The van der Waals surface area contributed by atoms with Crippen molar-refractivity contribution in [1.82, 2.24) is 0 Å². The first-order valence-electron chi connectivity index (χ1n) is 8.35. The SMILES string of the molecule is Cc1cc(OCCCC(=O)Nc2ccc(Cl)c(Cl)c2)ccc1C(C)C. The molecule has 0 aliphatic carbocycles. The van der Waals surface area contributed by atoms with E-state index in [2.05, 4.69) is 32.2 Å². The van der Waals surface area contributed by atoms with E-state index in [1.54, 1.807) is 18.2 Å². The maximum absolute atomic E-state index is 12.0. The van der Waals surface area contributed by atoms with E-state index in [0.29, 0.717) is 41.1 Å². The van der Waals surface area contributed by atoms with E-state index in [0.717, 1.165) is 5.75 Å². The predicted octanol–water partition coefficient (Wildman–Crippen LogP) is 6.22. The van der Waals surface area contributed by atoms with Crippen LogP contribution < -0.4 is 10.1 Å². The van der Waals surface area contributed by atoms with E-state index in [4.69, 9.17) is 27.9 Å². The molecule has 0 saturated heterocycles. The topological polar surface area (TPSA) is 38.3 Å². The van der Waals surface area contributed by atoms with Crippen LogP contribution >= 0.6 is 23.2 Å². The Labute approximate surface area is 159 Å². The van der Waals surface area contributed by atoms with Gasteiger partial charge in [-0.2, -0.15) is 0 Å². The number of rotatable bonds is 7. The summed E-state index contributed by atoms with van der Waals surface area (Å²) in [5.74, 6) is 1.26. The Balaban J connectivity index is 1.76. The van der Waals surface area contributed by atoms with Crippen LogP contribution in [0.25, 0.3) is 0 Å². The summed E-state index contributed by atoms with van der Waals surface area (Å²) in [5.41, 5.74) is 3.19. The molecule has 0 heterocycles. The van der Waals surface area contributed by atoms with E-state index >= 15 is 0 Å². The summed E-state index contributed by atoms with van der Waals surface area (Å²) in [5, 5.41) is 3.68. The summed E-state index contributed by atoms with van der Waals surface area (Å²) >= 11 is 11.8. The number of hydrogen-bond acceptors (Lipinski definition) is 2. The lowest BCUT2D eigenvalue weighted by Crippen LogP contribution is -2.12. The molecule has 0 atom stereocenters. The van der Waals surface area contributed by atoms with Crippen molar-refractivity contribution in [1.29, 1.82) is 0 Å². The summed E-state index contributed by atoms with van der Waals surface area (Å²) in [6.45, 7) is 6.94. The van der Waals surface area contributed by atoms with Gasteiger partial charge in [-0.05, 0) is 60.7 Å². The van der Waals surface area contributed by atoms with Crippen LogP contribution in [0.3, 0.4) is 0 Å². The minimum Gasteiger partial charge on any atom is -0.494 e. The van der Waals surface area contributed by atoms with Crippen molar-refractivity contribution in [2.24, 2.45) is 0 Å². The summed E-state index contributed by atoms with van der Waals surface area (Å²) in [6, 6.07) is 11.2. The van der Waals surface area contributed by atoms with Crippen molar-refractivity contribution in [3.05, 3.63) is 57.6 Å². The first kappa shape index (κ1) is 19.6. The van der Waals surface area contributed by atoms with E-state index < -0.39 is 0 Å². The molecule has 5 heteroatoms. The number of benzene rings is 2. The lowest BCUT2D eigenvalue weighted by Gasteiger charge is -2.12. The van der Waals surface area contributed by atoms with Gasteiger partial charge in [0.25, 0.3) is 0 Å². The molecule has 0 saturated carbocycles. The highest BCUT2D eigenvalue weighted by atomic mass is 35.5. The quantitative estimate of drug-likeness (QED) is 0.579. The standard InChI is InChI=1S/C20H23Cl2NO2/c1-13(2)17-8-7-16(11-14(17)3)25-10-4-5-20(24)23-15-6-9-18(21)19(22)12-15/h6-9,11-13H,4-5,10H2,1-3H3,(H,23,24). The maximum Gasteiger partial charge on any atom is 0.224 e. The van der Waals surface area contributed by atoms with Crippen LogP contribution in [-0.4, -0.2) is 12.5 Å². The molecule has 0 fully saturated rings. The Bertz CT molecular complexity index is 744. The molecule has 0 spiro atoms. The Morgan fingerprint density at radius 2 is 1.88 bits per heavy atom. The van der Waals surface area contributed by atoms with Crippen LogP contribution in [-0.2, 0) is 4.79 Å². The number of halogens is 2. The van der Waals surface area contributed by atoms with Gasteiger partial charge in [-0.1, -0.05) is 43.1 Å². The van der Waals surface area contributed by atoms with Crippen molar-refractivity contribution >= 4 is 34.8 Å². The predicted molar refractivity (Wildman–Crippen MR) is 105 cm³/mol. The fourth-order valence-corrected chi connectivity index (χ4v) is 2.90. The van der Waals surface area contributed by atoms with E-state index in [9.17, 15) is 4.79 Å². The van der Waals surface area contributed by atoms with Gasteiger partial charge >= 0.3 is 0 Å². The van der Waals surface area contributed by atoms with Crippen LogP contribution in [0, 0.1) is 6.92 Å². The van der Waals surface area contributed by atoms with Crippen LogP contribution in [0.2, 0.25) is 10.0 Å². The summed E-state index contributed by atoms with van der Waals surface area (Å²) < 4.78 is 5.74. The lowest BCUT2D eigenvalue weighted by atomic mass is 9.98. The molecule has 0 bridgehead atoms. The summed E-state index contributed by atoms with van der Waals surface area (Å²) in [6.07, 6.45) is 1.02. The molecular formula is C20H23Cl2NO2.